The predicted molar refractivity (Wildman–Crippen MR) is 51.7 cm³/mol. The van der Waals surface area contributed by atoms with E-state index in [1.54, 1.807) is 6.07 Å². The molecule has 0 atom stereocenters. The number of aromatic nitrogens is 3. The van der Waals surface area contributed by atoms with Crippen LogP contribution in [0.5, 0.6) is 0 Å². The number of nitrogens with zero attached hydrogens (tertiary/aromatic N) is 3. The highest BCUT2D eigenvalue weighted by molar-refractivity contribution is 8.13. The van der Waals surface area contributed by atoms with Crippen LogP contribution in [-0.4, -0.2) is 23.2 Å². The van der Waals surface area contributed by atoms with Crippen molar-refractivity contribution in [3.8, 4) is 11.4 Å². The van der Waals surface area contributed by atoms with Crippen LogP contribution in [0.4, 0.5) is 0 Å². The Morgan fingerprint density at radius 2 is 2.20 bits per heavy atom. The molecule has 2 aromatic rings. The molecule has 0 spiro atoms. The van der Waals surface area contributed by atoms with Gasteiger partial charge >= 0.3 is 0 Å². The van der Waals surface area contributed by atoms with Crippen LogP contribution in [-0.2, 0) is 16.1 Å². The third-order valence-electron chi connectivity index (χ3n) is 1.83. The van der Waals surface area contributed by atoms with Gasteiger partial charge in [-0.3, -0.25) is 4.57 Å². The van der Waals surface area contributed by atoms with Crippen molar-refractivity contribution in [2.75, 3.05) is 0 Å². The summed E-state index contributed by atoms with van der Waals surface area (Å²) in [5.74, 6) is 0.378. The minimum absolute atomic E-state index is 0.291. The predicted octanol–water partition coefficient (Wildman–Crippen LogP) is 1.00. The second kappa shape index (κ2) is 3.35. The lowest BCUT2D eigenvalue weighted by Crippen LogP contribution is -2.02. The van der Waals surface area contributed by atoms with E-state index in [-0.39, 0.29) is 5.16 Å². The molecule has 0 saturated carbocycles. The quantitative estimate of drug-likeness (QED) is 0.740. The lowest BCUT2D eigenvalue weighted by molar-refractivity contribution is 0.567. The number of halogens is 1. The molecule has 0 N–H and O–H groups in total. The van der Waals surface area contributed by atoms with Gasteiger partial charge in [-0.25, -0.2) is 8.42 Å². The molecule has 8 heteroatoms. The third kappa shape index (κ3) is 1.75. The van der Waals surface area contributed by atoms with Crippen molar-refractivity contribution in [3.63, 3.8) is 0 Å². The summed E-state index contributed by atoms with van der Waals surface area (Å²) in [7, 11) is 2.80. The Hall–Kier alpha value is -1.34. The summed E-state index contributed by atoms with van der Waals surface area (Å²) >= 11 is 0. The first kappa shape index (κ1) is 10.2. The molecule has 2 aromatic heterocycles. The molecule has 6 nitrogen and oxygen atoms in total. The van der Waals surface area contributed by atoms with E-state index in [0.29, 0.717) is 11.4 Å². The highest BCUT2D eigenvalue weighted by Gasteiger charge is 2.21. The van der Waals surface area contributed by atoms with Crippen LogP contribution in [0.2, 0.25) is 0 Å². The SMILES string of the molecule is Cn1c(-c2ccoc2)nnc1S(=O)(=O)Cl. The van der Waals surface area contributed by atoms with E-state index in [2.05, 4.69) is 10.2 Å². The number of furan rings is 1. The fourth-order valence-electron chi connectivity index (χ4n) is 1.17. The molecule has 0 aliphatic rings. The summed E-state index contributed by atoms with van der Waals surface area (Å²) in [6.07, 6.45) is 2.90. The van der Waals surface area contributed by atoms with Crippen molar-refractivity contribution in [1.82, 2.24) is 14.8 Å². The summed E-state index contributed by atoms with van der Waals surface area (Å²) < 4.78 is 28.3. The second-order valence-corrected chi connectivity index (χ2v) is 5.27. The Morgan fingerprint density at radius 1 is 1.47 bits per heavy atom. The lowest BCUT2D eigenvalue weighted by atomic mass is 10.3. The van der Waals surface area contributed by atoms with Crippen molar-refractivity contribution in [3.05, 3.63) is 18.6 Å². The van der Waals surface area contributed by atoms with Gasteiger partial charge in [0.05, 0.1) is 11.8 Å². The van der Waals surface area contributed by atoms with E-state index < -0.39 is 9.05 Å². The van der Waals surface area contributed by atoms with Crippen molar-refractivity contribution < 1.29 is 12.8 Å². The minimum atomic E-state index is -3.87. The summed E-state index contributed by atoms with van der Waals surface area (Å²) in [4.78, 5) is 0. The third-order valence-corrected chi connectivity index (χ3v) is 3.04. The topological polar surface area (TPSA) is 78.0 Å². The van der Waals surface area contributed by atoms with E-state index in [4.69, 9.17) is 15.1 Å². The van der Waals surface area contributed by atoms with Gasteiger partial charge < -0.3 is 4.42 Å². The minimum Gasteiger partial charge on any atom is -0.472 e. The molecule has 2 rings (SSSR count). The summed E-state index contributed by atoms with van der Waals surface area (Å²) in [5.41, 5.74) is 0.636. The van der Waals surface area contributed by atoms with Crippen LogP contribution < -0.4 is 0 Å². The molecule has 80 valence electrons. The highest BCUT2D eigenvalue weighted by Crippen LogP contribution is 2.20. The summed E-state index contributed by atoms with van der Waals surface area (Å²) in [6, 6.07) is 1.65. The molecule has 0 fully saturated rings. The summed E-state index contributed by atoms with van der Waals surface area (Å²) in [6.45, 7) is 0. The monoisotopic (exact) mass is 247 g/mol. The van der Waals surface area contributed by atoms with E-state index in [0.717, 1.165) is 0 Å². The number of hydrogen-bond donors (Lipinski definition) is 0. The van der Waals surface area contributed by atoms with Crippen LogP contribution in [0, 0.1) is 0 Å². The average Bonchev–Trinajstić information content (AvgIpc) is 2.69. The molecule has 0 radical (unpaired) electrons. The molecule has 0 unspecified atom stereocenters. The first-order valence-corrected chi connectivity index (χ1v) is 6.17. The maximum Gasteiger partial charge on any atom is 0.296 e. The Morgan fingerprint density at radius 3 is 2.67 bits per heavy atom. The van der Waals surface area contributed by atoms with Crippen molar-refractivity contribution in [2.45, 2.75) is 5.16 Å². The van der Waals surface area contributed by atoms with Crippen molar-refractivity contribution in [1.29, 1.82) is 0 Å². The Kier molecular flexibility index (Phi) is 2.28. The van der Waals surface area contributed by atoms with Gasteiger partial charge in [0, 0.05) is 17.7 Å². The van der Waals surface area contributed by atoms with Gasteiger partial charge in [0.2, 0.25) is 0 Å². The van der Waals surface area contributed by atoms with E-state index in [1.807, 2.05) is 0 Å². The van der Waals surface area contributed by atoms with Gasteiger partial charge in [0.25, 0.3) is 14.2 Å². The van der Waals surface area contributed by atoms with Crippen LogP contribution in [0.3, 0.4) is 0 Å². The van der Waals surface area contributed by atoms with E-state index in [1.165, 1.54) is 24.1 Å². The van der Waals surface area contributed by atoms with E-state index in [9.17, 15) is 8.42 Å². The van der Waals surface area contributed by atoms with Crippen molar-refractivity contribution in [2.24, 2.45) is 7.05 Å². The molecule has 0 aliphatic heterocycles. The molecular weight excluding hydrogens is 242 g/mol. The summed E-state index contributed by atoms with van der Waals surface area (Å²) in [5, 5.41) is 6.92. The first-order valence-electron chi connectivity index (χ1n) is 3.87. The maximum atomic E-state index is 11.1. The zero-order valence-electron chi connectivity index (χ0n) is 7.58. The second-order valence-electron chi connectivity index (χ2n) is 2.82. The van der Waals surface area contributed by atoms with Crippen LogP contribution in [0.25, 0.3) is 11.4 Å². The largest absolute Gasteiger partial charge is 0.472 e. The zero-order valence-corrected chi connectivity index (χ0v) is 9.16. The van der Waals surface area contributed by atoms with Crippen LogP contribution in [0.1, 0.15) is 0 Å². The normalized spacial score (nSPS) is 11.9. The number of hydrogen-bond acceptors (Lipinski definition) is 5. The zero-order chi connectivity index (χ0) is 11.1. The standard InChI is InChI=1S/C7H6ClN3O3S/c1-11-6(5-2-3-14-4-5)9-10-7(11)15(8,12)13/h2-4H,1H3. The first-order chi connectivity index (χ1) is 7.00. The molecule has 0 bridgehead atoms. The van der Waals surface area contributed by atoms with Gasteiger partial charge in [0.1, 0.15) is 6.26 Å². The average molecular weight is 248 g/mol. The van der Waals surface area contributed by atoms with Crippen LogP contribution >= 0.6 is 10.7 Å². The molecule has 0 aromatic carbocycles. The Balaban J connectivity index is 2.60. The molecule has 0 aliphatic carbocycles. The Bertz CT molecular complexity index is 573. The molecule has 0 saturated heterocycles. The lowest BCUT2D eigenvalue weighted by Gasteiger charge is -1.97. The Labute approximate surface area is 89.9 Å². The van der Waals surface area contributed by atoms with Gasteiger partial charge in [-0.2, -0.15) is 0 Å². The number of rotatable bonds is 2. The van der Waals surface area contributed by atoms with Gasteiger partial charge in [-0.15, -0.1) is 10.2 Å². The van der Waals surface area contributed by atoms with Gasteiger partial charge in [0.15, 0.2) is 5.82 Å². The molecule has 0 amide bonds. The molecule has 2 heterocycles. The van der Waals surface area contributed by atoms with Gasteiger partial charge in [-0.1, -0.05) is 0 Å². The van der Waals surface area contributed by atoms with Crippen molar-refractivity contribution >= 4 is 19.7 Å². The van der Waals surface area contributed by atoms with Gasteiger partial charge in [-0.05, 0) is 6.07 Å². The molecular formula is C7H6ClN3O3S. The fraction of sp³-hybridized carbons (Fsp3) is 0.143. The maximum absolute atomic E-state index is 11.1. The molecule has 15 heavy (non-hydrogen) atoms. The van der Waals surface area contributed by atoms with E-state index >= 15 is 0 Å². The fourth-order valence-corrected chi connectivity index (χ4v) is 2.13. The van der Waals surface area contributed by atoms with Crippen LogP contribution in [0.15, 0.2) is 28.2 Å². The smallest absolute Gasteiger partial charge is 0.296 e. The highest BCUT2D eigenvalue weighted by atomic mass is 35.7.